The number of rotatable bonds is 6. The molecule has 1 unspecified atom stereocenters. The molecule has 122 valence electrons. The molecule has 6 heteroatoms. The molecule has 1 atom stereocenters. The van der Waals surface area contributed by atoms with Gasteiger partial charge in [0.1, 0.15) is 17.3 Å². The first kappa shape index (κ1) is 15.6. The predicted octanol–water partition coefficient (Wildman–Crippen LogP) is 1.68. The Labute approximate surface area is 135 Å². The van der Waals surface area contributed by atoms with Gasteiger partial charge in [0, 0.05) is 18.5 Å². The molecule has 0 bridgehead atoms. The van der Waals surface area contributed by atoms with Crippen molar-refractivity contribution in [2.45, 2.75) is 12.8 Å². The molecule has 0 amide bonds. The zero-order chi connectivity index (χ0) is 16.1. The Bertz CT molecular complexity index is 646. The quantitative estimate of drug-likeness (QED) is 0.845. The molecule has 1 aromatic heterocycles. The summed E-state index contributed by atoms with van der Waals surface area (Å²) in [6, 6.07) is 9.82. The van der Waals surface area contributed by atoms with Crippen LogP contribution in [0.15, 0.2) is 30.3 Å². The van der Waals surface area contributed by atoms with Crippen LogP contribution in [0, 0.1) is 5.92 Å². The summed E-state index contributed by atoms with van der Waals surface area (Å²) >= 11 is 0. The first-order valence-corrected chi connectivity index (χ1v) is 7.75. The third-order valence-corrected chi connectivity index (χ3v) is 3.89. The Kier molecular flexibility index (Phi) is 4.92. The number of aliphatic hydroxyl groups is 1. The third kappa shape index (κ3) is 3.90. The van der Waals surface area contributed by atoms with E-state index in [9.17, 15) is 0 Å². The van der Waals surface area contributed by atoms with E-state index < -0.39 is 0 Å². The number of hydrogen-bond acceptors (Lipinski definition) is 6. The zero-order valence-corrected chi connectivity index (χ0v) is 13.2. The van der Waals surface area contributed by atoms with Crippen LogP contribution in [0.25, 0.3) is 0 Å². The van der Waals surface area contributed by atoms with Crippen molar-refractivity contribution in [3.8, 4) is 11.5 Å². The van der Waals surface area contributed by atoms with Gasteiger partial charge in [-0.1, -0.05) is 6.07 Å². The minimum Gasteiger partial charge on any atom is -0.497 e. The van der Waals surface area contributed by atoms with E-state index in [4.69, 9.17) is 14.6 Å². The van der Waals surface area contributed by atoms with Gasteiger partial charge in [-0.25, -0.2) is 0 Å². The Balaban J connectivity index is 1.60. The van der Waals surface area contributed by atoms with Crippen molar-refractivity contribution >= 4 is 5.82 Å². The van der Waals surface area contributed by atoms with Gasteiger partial charge in [0.05, 0.1) is 26.0 Å². The molecule has 1 aliphatic rings. The van der Waals surface area contributed by atoms with Crippen LogP contribution in [-0.2, 0) is 12.8 Å². The standard InChI is InChI=1S/C17H21N3O3/c1-22-15-4-2-13-8-12(11-23-16(13)10-15)9-14-3-5-17(20-19-14)18-6-7-21/h2-5,10,12,21H,6-9,11H2,1H3,(H,18,20). The number of aromatic nitrogens is 2. The van der Waals surface area contributed by atoms with Gasteiger partial charge in [0.15, 0.2) is 0 Å². The first-order chi connectivity index (χ1) is 11.3. The highest BCUT2D eigenvalue weighted by Crippen LogP contribution is 2.31. The van der Waals surface area contributed by atoms with Crippen molar-refractivity contribution < 1.29 is 14.6 Å². The SMILES string of the molecule is COc1ccc2c(c1)OCC(Cc1ccc(NCCO)nn1)C2. The van der Waals surface area contributed by atoms with Crippen molar-refractivity contribution in [3.05, 3.63) is 41.6 Å². The number of benzene rings is 1. The topological polar surface area (TPSA) is 76.5 Å². The van der Waals surface area contributed by atoms with Gasteiger partial charge < -0.3 is 19.9 Å². The molecular weight excluding hydrogens is 294 g/mol. The summed E-state index contributed by atoms with van der Waals surface area (Å²) in [5.41, 5.74) is 2.15. The molecule has 23 heavy (non-hydrogen) atoms. The fraction of sp³-hybridized carbons (Fsp3) is 0.412. The van der Waals surface area contributed by atoms with Crippen molar-refractivity contribution in [3.63, 3.8) is 0 Å². The number of aliphatic hydroxyl groups excluding tert-OH is 1. The van der Waals surface area contributed by atoms with E-state index in [1.165, 1.54) is 5.56 Å². The highest BCUT2D eigenvalue weighted by Gasteiger charge is 2.21. The van der Waals surface area contributed by atoms with Crippen LogP contribution in [-0.4, -0.2) is 42.2 Å². The van der Waals surface area contributed by atoms with Crippen LogP contribution in [0.5, 0.6) is 11.5 Å². The molecule has 2 N–H and O–H groups in total. The minimum absolute atomic E-state index is 0.0764. The fourth-order valence-electron chi connectivity index (χ4n) is 2.72. The largest absolute Gasteiger partial charge is 0.497 e. The summed E-state index contributed by atoms with van der Waals surface area (Å²) in [4.78, 5) is 0. The Morgan fingerprint density at radius 1 is 1.30 bits per heavy atom. The van der Waals surface area contributed by atoms with E-state index in [0.29, 0.717) is 24.9 Å². The second-order valence-corrected chi connectivity index (χ2v) is 5.62. The average Bonchev–Trinajstić information content (AvgIpc) is 2.60. The number of anilines is 1. The number of fused-ring (bicyclic) bond motifs is 1. The molecule has 0 fully saturated rings. The molecule has 1 aromatic carbocycles. The highest BCUT2D eigenvalue weighted by molar-refractivity contribution is 5.42. The molecule has 2 aromatic rings. The molecule has 0 radical (unpaired) electrons. The lowest BCUT2D eigenvalue weighted by molar-refractivity contribution is 0.219. The third-order valence-electron chi connectivity index (χ3n) is 3.89. The van der Waals surface area contributed by atoms with Gasteiger partial charge in [-0.2, -0.15) is 5.10 Å². The maximum absolute atomic E-state index is 8.78. The number of methoxy groups -OCH3 is 1. The van der Waals surface area contributed by atoms with Gasteiger partial charge in [0.25, 0.3) is 0 Å². The normalized spacial score (nSPS) is 16.3. The Hall–Kier alpha value is -2.34. The molecule has 0 spiro atoms. The summed E-state index contributed by atoms with van der Waals surface area (Å²) < 4.78 is 11.1. The van der Waals surface area contributed by atoms with Gasteiger partial charge in [-0.15, -0.1) is 5.10 Å². The van der Waals surface area contributed by atoms with Crippen LogP contribution in [0.1, 0.15) is 11.3 Å². The summed E-state index contributed by atoms with van der Waals surface area (Å²) in [5.74, 6) is 2.80. The van der Waals surface area contributed by atoms with Crippen LogP contribution < -0.4 is 14.8 Å². The van der Waals surface area contributed by atoms with Gasteiger partial charge in [-0.3, -0.25) is 0 Å². The highest BCUT2D eigenvalue weighted by atomic mass is 16.5. The lowest BCUT2D eigenvalue weighted by atomic mass is 9.92. The van der Waals surface area contributed by atoms with E-state index in [1.807, 2.05) is 24.3 Å². The van der Waals surface area contributed by atoms with Gasteiger partial charge in [-0.05, 0) is 36.6 Å². The average molecular weight is 315 g/mol. The molecule has 2 heterocycles. The summed E-state index contributed by atoms with van der Waals surface area (Å²) in [6.45, 7) is 1.23. The van der Waals surface area contributed by atoms with Crippen molar-refractivity contribution in [1.29, 1.82) is 0 Å². The fourth-order valence-corrected chi connectivity index (χ4v) is 2.72. The Morgan fingerprint density at radius 2 is 2.22 bits per heavy atom. The van der Waals surface area contributed by atoms with Crippen LogP contribution in [0.3, 0.4) is 0 Å². The second kappa shape index (κ2) is 7.28. The van der Waals surface area contributed by atoms with Crippen molar-refractivity contribution in [2.75, 3.05) is 32.2 Å². The molecule has 1 aliphatic heterocycles. The number of nitrogens with zero attached hydrogens (tertiary/aromatic N) is 2. The van der Waals surface area contributed by atoms with E-state index in [-0.39, 0.29) is 6.61 Å². The van der Waals surface area contributed by atoms with E-state index in [1.54, 1.807) is 7.11 Å². The summed E-state index contributed by atoms with van der Waals surface area (Å²) in [5, 5.41) is 20.1. The zero-order valence-electron chi connectivity index (χ0n) is 13.2. The van der Waals surface area contributed by atoms with E-state index in [0.717, 1.165) is 30.0 Å². The van der Waals surface area contributed by atoms with Gasteiger partial charge in [0.2, 0.25) is 0 Å². The van der Waals surface area contributed by atoms with Crippen LogP contribution >= 0.6 is 0 Å². The number of nitrogens with one attached hydrogen (secondary N) is 1. The first-order valence-electron chi connectivity index (χ1n) is 7.75. The smallest absolute Gasteiger partial charge is 0.148 e. The maximum atomic E-state index is 8.78. The summed E-state index contributed by atoms with van der Waals surface area (Å²) in [7, 11) is 1.66. The van der Waals surface area contributed by atoms with Crippen molar-refractivity contribution in [2.24, 2.45) is 5.92 Å². The number of hydrogen-bond donors (Lipinski definition) is 2. The molecular formula is C17H21N3O3. The lowest BCUT2D eigenvalue weighted by Crippen LogP contribution is -2.23. The maximum Gasteiger partial charge on any atom is 0.148 e. The predicted molar refractivity (Wildman–Crippen MR) is 87.0 cm³/mol. The van der Waals surface area contributed by atoms with Crippen LogP contribution in [0.4, 0.5) is 5.82 Å². The molecule has 0 saturated carbocycles. The molecule has 3 rings (SSSR count). The van der Waals surface area contributed by atoms with E-state index >= 15 is 0 Å². The van der Waals surface area contributed by atoms with E-state index in [2.05, 4.69) is 21.6 Å². The monoisotopic (exact) mass is 315 g/mol. The second-order valence-electron chi connectivity index (χ2n) is 5.62. The Morgan fingerprint density at radius 3 is 2.96 bits per heavy atom. The molecule has 0 aliphatic carbocycles. The minimum atomic E-state index is 0.0764. The van der Waals surface area contributed by atoms with Crippen LogP contribution in [0.2, 0.25) is 0 Å². The lowest BCUT2D eigenvalue weighted by Gasteiger charge is -2.25. The summed E-state index contributed by atoms with van der Waals surface area (Å²) in [6.07, 6.45) is 1.80. The van der Waals surface area contributed by atoms with Gasteiger partial charge >= 0.3 is 0 Å². The molecule has 6 nitrogen and oxygen atoms in total. The van der Waals surface area contributed by atoms with Crippen molar-refractivity contribution in [1.82, 2.24) is 10.2 Å². The number of ether oxygens (including phenoxy) is 2. The molecule has 0 saturated heterocycles.